The second-order valence-corrected chi connectivity index (χ2v) is 8.09. The van der Waals surface area contributed by atoms with E-state index in [1.54, 1.807) is 49.6 Å². The first-order valence-corrected chi connectivity index (χ1v) is 11.6. The molecular weight excluding hydrogens is 550 g/mol. The summed E-state index contributed by atoms with van der Waals surface area (Å²) < 4.78 is 25.0. The molecule has 3 aromatic carbocycles. The highest BCUT2D eigenvalue weighted by molar-refractivity contribution is 9.09. The van der Waals surface area contributed by atoms with Gasteiger partial charge in [0.25, 0.3) is 0 Å². The molecule has 11 heteroatoms. The fourth-order valence-electron chi connectivity index (χ4n) is 2.99. The standard InChI is InChI=1S/C16H15NO6.C10H11BrO3/c1-21-12-9-7-11(8-10-12)15(16(18)22-2)23-14-6-4-3-5-13(14)17(19)20;1-13-8-5-3-7(4-6-8)9(11)10(12)14-2/h3-10,15H,1-2H3;3-6,9H,1-2H3. The fourth-order valence-corrected chi connectivity index (χ4v) is 3.48. The summed E-state index contributed by atoms with van der Waals surface area (Å²) in [6.45, 7) is 0. The van der Waals surface area contributed by atoms with Crippen molar-refractivity contribution in [2.24, 2.45) is 0 Å². The first kappa shape index (κ1) is 29.1. The van der Waals surface area contributed by atoms with Crippen LogP contribution in [0.3, 0.4) is 0 Å². The fraction of sp³-hybridized carbons (Fsp3) is 0.231. The minimum atomic E-state index is -1.12. The maximum atomic E-state index is 12.0. The number of rotatable bonds is 9. The summed E-state index contributed by atoms with van der Waals surface area (Å²) in [7, 11) is 5.71. The Kier molecular flexibility index (Phi) is 11.4. The molecule has 10 nitrogen and oxygen atoms in total. The van der Waals surface area contributed by atoms with E-state index in [1.807, 2.05) is 12.1 Å². The number of esters is 2. The van der Waals surface area contributed by atoms with Crippen LogP contribution >= 0.6 is 15.9 Å². The number of nitro groups is 1. The molecule has 0 saturated carbocycles. The van der Waals surface area contributed by atoms with Crippen molar-refractivity contribution in [2.45, 2.75) is 10.9 Å². The van der Waals surface area contributed by atoms with Gasteiger partial charge in [0.1, 0.15) is 16.3 Å². The third-order valence-electron chi connectivity index (χ3n) is 4.96. The zero-order valence-electron chi connectivity index (χ0n) is 20.6. The van der Waals surface area contributed by atoms with Crippen molar-refractivity contribution in [1.29, 1.82) is 0 Å². The lowest BCUT2D eigenvalue weighted by Crippen LogP contribution is -2.20. The molecule has 0 spiro atoms. The van der Waals surface area contributed by atoms with E-state index in [2.05, 4.69) is 20.7 Å². The Morgan fingerprint density at radius 2 is 1.24 bits per heavy atom. The molecule has 0 amide bonds. The predicted molar refractivity (Wildman–Crippen MR) is 138 cm³/mol. The van der Waals surface area contributed by atoms with E-state index in [0.717, 1.165) is 11.3 Å². The maximum Gasteiger partial charge on any atom is 0.351 e. The van der Waals surface area contributed by atoms with Crippen molar-refractivity contribution in [2.75, 3.05) is 28.4 Å². The van der Waals surface area contributed by atoms with E-state index in [4.69, 9.17) is 18.9 Å². The summed E-state index contributed by atoms with van der Waals surface area (Å²) >= 11 is 3.24. The summed E-state index contributed by atoms with van der Waals surface area (Å²) in [5, 5.41) is 11.1. The van der Waals surface area contributed by atoms with Gasteiger partial charge in [-0.2, -0.15) is 0 Å². The number of hydrogen-bond donors (Lipinski definition) is 0. The highest BCUT2D eigenvalue weighted by atomic mass is 79.9. The van der Waals surface area contributed by atoms with Crippen LogP contribution in [-0.2, 0) is 19.1 Å². The molecule has 0 fully saturated rings. The highest BCUT2D eigenvalue weighted by Crippen LogP contribution is 2.32. The number of halogens is 1. The monoisotopic (exact) mass is 575 g/mol. The van der Waals surface area contributed by atoms with Gasteiger partial charge in [-0.1, -0.05) is 52.3 Å². The van der Waals surface area contributed by atoms with E-state index in [9.17, 15) is 19.7 Å². The van der Waals surface area contributed by atoms with Gasteiger partial charge in [-0.15, -0.1) is 0 Å². The number of benzene rings is 3. The number of ether oxygens (including phenoxy) is 5. The molecule has 0 aliphatic carbocycles. The Morgan fingerprint density at radius 1 is 0.757 bits per heavy atom. The molecule has 0 aliphatic rings. The summed E-state index contributed by atoms with van der Waals surface area (Å²) in [6.07, 6.45) is -1.12. The number of nitrogens with zero attached hydrogens (tertiary/aromatic N) is 1. The van der Waals surface area contributed by atoms with Gasteiger partial charge < -0.3 is 23.7 Å². The van der Waals surface area contributed by atoms with Crippen LogP contribution in [0.2, 0.25) is 0 Å². The van der Waals surface area contributed by atoms with E-state index >= 15 is 0 Å². The number of methoxy groups -OCH3 is 4. The van der Waals surface area contributed by atoms with Gasteiger partial charge >= 0.3 is 17.6 Å². The maximum absolute atomic E-state index is 12.0. The van der Waals surface area contributed by atoms with Crippen molar-refractivity contribution in [3.63, 3.8) is 0 Å². The molecule has 2 atom stereocenters. The van der Waals surface area contributed by atoms with E-state index < -0.39 is 21.8 Å². The third-order valence-corrected chi connectivity index (χ3v) is 5.86. The minimum Gasteiger partial charge on any atom is -0.497 e. The van der Waals surface area contributed by atoms with Crippen LogP contribution < -0.4 is 14.2 Å². The molecule has 0 N–H and O–H groups in total. The topological polar surface area (TPSA) is 123 Å². The van der Waals surface area contributed by atoms with Crippen molar-refractivity contribution in [3.8, 4) is 17.2 Å². The largest absolute Gasteiger partial charge is 0.497 e. The van der Waals surface area contributed by atoms with Crippen molar-refractivity contribution in [1.82, 2.24) is 0 Å². The quantitative estimate of drug-likeness (QED) is 0.146. The van der Waals surface area contributed by atoms with Crippen molar-refractivity contribution < 1.29 is 38.2 Å². The molecule has 0 aromatic heterocycles. The van der Waals surface area contributed by atoms with Crippen LogP contribution in [0.4, 0.5) is 5.69 Å². The lowest BCUT2D eigenvalue weighted by atomic mass is 10.1. The Bertz CT molecular complexity index is 1180. The van der Waals surface area contributed by atoms with Crippen molar-refractivity contribution >= 4 is 33.6 Å². The van der Waals surface area contributed by atoms with Crippen LogP contribution in [0, 0.1) is 10.1 Å². The highest BCUT2D eigenvalue weighted by Gasteiger charge is 2.27. The van der Waals surface area contributed by atoms with Crippen LogP contribution in [0.5, 0.6) is 17.2 Å². The summed E-state index contributed by atoms with van der Waals surface area (Å²) in [6, 6.07) is 19.7. The SMILES string of the molecule is COC(=O)C(Br)c1ccc(OC)cc1.COC(=O)C(Oc1ccccc1[N+](=O)[O-])c1ccc(OC)cc1. The molecule has 3 rings (SSSR count). The molecule has 37 heavy (non-hydrogen) atoms. The van der Waals surface area contributed by atoms with Crippen LogP contribution in [-0.4, -0.2) is 45.3 Å². The lowest BCUT2D eigenvalue weighted by molar-refractivity contribution is -0.386. The van der Waals surface area contributed by atoms with Crippen LogP contribution in [0.25, 0.3) is 0 Å². The summed E-state index contributed by atoms with van der Waals surface area (Å²) in [4.78, 5) is 33.2. The summed E-state index contributed by atoms with van der Waals surface area (Å²) in [5.41, 5.74) is 1.11. The number of alkyl halides is 1. The van der Waals surface area contributed by atoms with Crippen molar-refractivity contribution in [3.05, 3.63) is 94.0 Å². The predicted octanol–water partition coefficient (Wildman–Crippen LogP) is 5.20. The Morgan fingerprint density at radius 3 is 1.70 bits per heavy atom. The number of carbonyl (C=O) groups is 2. The van der Waals surface area contributed by atoms with E-state index in [1.165, 1.54) is 39.5 Å². The average molecular weight is 576 g/mol. The third kappa shape index (κ3) is 8.21. The first-order chi connectivity index (χ1) is 17.7. The zero-order valence-corrected chi connectivity index (χ0v) is 22.2. The average Bonchev–Trinajstić information content (AvgIpc) is 2.95. The second-order valence-electron chi connectivity index (χ2n) is 7.18. The molecule has 0 saturated heterocycles. The second kappa shape index (κ2) is 14.4. The van der Waals surface area contributed by atoms with Gasteiger partial charge in [-0.3, -0.25) is 14.9 Å². The molecule has 3 aromatic rings. The van der Waals surface area contributed by atoms with E-state index in [-0.39, 0.29) is 17.4 Å². The molecular formula is C26H26BrNO9. The molecule has 2 unspecified atom stereocenters. The van der Waals surface area contributed by atoms with Crippen LogP contribution in [0.15, 0.2) is 72.8 Å². The number of hydrogen-bond acceptors (Lipinski definition) is 9. The molecule has 0 aliphatic heterocycles. The molecule has 196 valence electrons. The number of nitro benzene ring substituents is 1. The van der Waals surface area contributed by atoms with Gasteiger partial charge in [0.05, 0.1) is 33.4 Å². The first-order valence-electron chi connectivity index (χ1n) is 10.7. The number of para-hydroxylation sites is 2. The molecule has 0 bridgehead atoms. The Labute approximate surface area is 222 Å². The van der Waals surface area contributed by atoms with Crippen LogP contribution in [0.1, 0.15) is 22.1 Å². The molecule has 0 radical (unpaired) electrons. The summed E-state index contributed by atoms with van der Waals surface area (Å²) in [5.74, 6) is 0.397. The van der Waals surface area contributed by atoms with Gasteiger partial charge in [0.15, 0.2) is 5.75 Å². The van der Waals surface area contributed by atoms with Gasteiger partial charge in [-0.25, -0.2) is 4.79 Å². The smallest absolute Gasteiger partial charge is 0.351 e. The van der Waals surface area contributed by atoms with Gasteiger partial charge in [0, 0.05) is 11.6 Å². The minimum absolute atomic E-state index is 0.0104. The Balaban J connectivity index is 0.000000294. The molecule has 0 heterocycles. The van der Waals surface area contributed by atoms with Gasteiger partial charge in [-0.05, 0) is 35.9 Å². The number of carbonyl (C=O) groups excluding carboxylic acids is 2. The zero-order chi connectivity index (χ0) is 27.4. The normalized spacial score (nSPS) is 11.6. The lowest BCUT2D eigenvalue weighted by Gasteiger charge is -2.17. The van der Waals surface area contributed by atoms with Gasteiger partial charge in [0.2, 0.25) is 6.10 Å². The Hall–Kier alpha value is -4.12. The van der Waals surface area contributed by atoms with E-state index in [0.29, 0.717) is 11.3 Å².